The van der Waals surface area contributed by atoms with Crippen LogP contribution in [0.4, 0.5) is 0 Å². The third kappa shape index (κ3) is 5.71. The van der Waals surface area contributed by atoms with E-state index in [9.17, 15) is 5.11 Å². The van der Waals surface area contributed by atoms with E-state index in [1.54, 1.807) is 0 Å². The first-order chi connectivity index (χ1) is 8.29. The summed E-state index contributed by atoms with van der Waals surface area (Å²) in [5.74, 6) is 1.75. The van der Waals surface area contributed by atoms with E-state index in [1.807, 2.05) is 6.92 Å². The molecule has 0 heterocycles. The summed E-state index contributed by atoms with van der Waals surface area (Å²) in [6.07, 6.45) is 6.19. The number of aliphatic hydroxyl groups is 1. The fourth-order valence-electron chi connectivity index (χ4n) is 3.20. The van der Waals surface area contributed by atoms with Crippen molar-refractivity contribution in [2.45, 2.75) is 78.9 Å². The van der Waals surface area contributed by atoms with Crippen molar-refractivity contribution < 1.29 is 5.11 Å². The van der Waals surface area contributed by atoms with E-state index in [4.69, 9.17) is 0 Å². The van der Waals surface area contributed by atoms with Gasteiger partial charge in [0.25, 0.3) is 0 Å². The third-order valence-corrected chi connectivity index (χ3v) is 4.52. The predicted octanol–water partition coefficient (Wildman–Crippen LogP) is 3.59. The van der Waals surface area contributed by atoms with E-state index in [0.717, 1.165) is 24.8 Å². The smallest absolute Gasteiger partial charge is 0.0526 e. The molecule has 0 aliphatic heterocycles. The minimum Gasteiger partial charge on any atom is -0.393 e. The Kier molecular flexibility index (Phi) is 6.13. The van der Waals surface area contributed by atoms with Gasteiger partial charge in [0.1, 0.15) is 0 Å². The molecular weight excluding hydrogens is 222 g/mol. The van der Waals surface area contributed by atoms with Crippen LogP contribution in [0, 0.1) is 17.3 Å². The number of hydrogen-bond donors (Lipinski definition) is 2. The highest BCUT2D eigenvalue weighted by molar-refractivity contribution is 4.81. The summed E-state index contributed by atoms with van der Waals surface area (Å²) in [6.45, 7) is 12.3. The average molecular weight is 255 g/mol. The van der Waals surface area contributed by atoms with Gasteiger partial charge in [0.2, 0.25) is 0 Å². The van der Waals surface area contributed by atoms with Crippen molar-refractivity contribution in [3.63, 3.8) is 0 Å². The van der Waals surface area contributed by atoms with Gasteiger partial charge in [0, 0.05) is 6.04 Å². The van der Waals surface area contributed by atoms with Gasteiger partial charge >= 0.3 is 0 Å². The molecule has 18 heavy (non-hydrogen) atoms. The van der Waals surface area contributed by atoms with Crippen LogP contribution in [0.5, 0.6) is 0 Å². The van der Waals surface area contributed by atoms with Gasteiger partial charge in [-0.3, -0.25) is 0 Å². The molecule has 0 aromatic rings. The van der Waals surface area contributed by atoms with Gasteiger partial charge in [-0.15, -0.1) is 0 Å². The first-order valence-corrected chi connectivity index (χ1v) is 7.70. The molecule has 1 rings (SSSR count). The predicted molar refractivity (Wildman–Crippen MR) is 78.7 cm³/mol. The molecule has 0 amide bonds. The first-order valence-electron chi connectivity index (χ1n) is 7.70. The Morgan fingerprint density at radius 1 is 1.11 bits per heavy atom. The lowest BCUT2D eigenvalue weighted by Crippen LogP contribution is -2.35. The van der Waals surface area contributed by atoms with E-state index in [0.29, 0.717) is 11.5 Å². The molecule has 0 spiro atoms. The molecule has 1 aliphatic rings. The number of hydrogen-bond acceptors (Lipinski definition) is 2. The van der Waals surface area contributed by atoms with Gasteiger partial charge in [-0.05, 0) is 69.7 Å². The zero-order valence-electron chi connectivity index (χ0n) is 13.0. The largest absolute Gasteiger partial charge is 0.393 e. The second-order valence-electron chi connectivity index (χ2n) is 7.48. The molecule has 108 valence electrons. The van der Waals surface area contributed by atoms with Gasteiger partial charge in [0.05, 0.1) is 6.10 Å². The maximum atomic E-state index is 9.34. The topological polar surface area (TPSA) is 32.3 Å². The molecule has 0 aromatic carbocycles. The van der Waals surface area contributed by atoms with Crippen LogP contribution in [-0.4, -0.2) is 23.8 Å². The van der Waals surface area contributed by atoms with Crippen molar-refractivity contribution in [2.75, 3.05) is 6.54 Å². The summed E-state index contributed by atoms with van der Waals surface area (Å²) >= 11 is 0. The quantitative estimate of drug-likeness (QED) is 0.787. The Hall–Kier alpha value is -0.0800. The van der Waals surface area contributed by atoms with Gasteiger partial charge in [-0.25, -0.2) is 0 Å². The van der Waals surface area contributed by atoms with Gasteiger partial charge in [-0.2, -0.15) is 0 Å². The Bertz CT molecular complexity index is 224. The lowest BCUT2D eigenvalue weighted by Gasteiger charge is -2.37. The molecule has 2 N–H and O–H groups in total. The molecule has 0 radical (unpaired) electrons. The van der Waals surface area contributed by atoms with Gasteiger partial charge in [0.15, 0.2) is 0 Å². The van der Waals surface area contributed by atoms with Crippen LogP contribution >= 0.6 is 0 Å². The zero-order valence-corrected chi connectivity index (χ0v) is 13.0. The molecule has 0 saturated heterocycles. The molecule has 2 nitrogen and oxygen atoms in total. The van der Waals surface area contributed by atoms with E-state index >= 15 is 0 Å². The maximum absolute atomic E-state index is 9.34. The van der Waals surface area contributed by atoms with Crippen LogP contribution in [0.3, 0.4) is 0 Å². The Morgan fingerprint density at radius 2 is 1.67 bits per heavy atom. The molecule has 1 fully saturated rings. The van der Waals surface area contributed by atoms with Crippen molar-refractivity contribution >= 4 is 0 Å². The summed E-state index contributed by atoms with van der Waals surface area (Å²) in [4.78, 5) is 0. The second kappa shape index (κ2) is 6.91. The minimum absolute atomic E-state index is 0.191. The fourth-order valence-corrected chi connectivity index (χ4v) is 3.20. The molecule has 1 aliphatic carbocycles. The van der Waals surface area contributed by atoms with E-state index < -0.39 is 0 Å². The Morgan fingerprint density at radius 3 is 2.11 bits per heavy atom. The molecule has 2 heteroatoms. The van der Waals surface area contributed by atoms with E-state index in [1.165, 1.54) is 25.7 Å². The van der Waals surface area contributed by atoms with Crippen molar-refractivity contribution in [3.8, 4) is 0 Å². The van der Waals surface area contributed by atoms with Crippen LogP contribution in [0.1, 0.15) is 66.7 Å². The second-order valence-corrected chi connectivity index (χ2v) is 7.48. The highest BCUT2D eigenvalue weighted by Crippen LogP contribution is 2.39. The lowest BCUT2D eigenvalue weighted by atomic mass is 9.70. The van der Waals surface area contributed by atoms with Crippen LogP contribution in [-0.2, 0) is 0 Å². The van der Waals surface area contributed by atoms with E-state index in [2.05, 4.69) is 33.0 Å². The number of nitrogens with one attached hydrogen (secondary N) is 1. The van der Waals surface area contributed by atoms with Crippen molar-refractivity contribution in [3.05, 3.63) is 0 Å². The number of aliphatic hydroxyl groups excluding tert-OH is 1. The molecular formula is C16H33NO. The summed E-state index contributed by atoms with van der Waals surface area (Å²) < 4.78 is 0. The SMILES string of the molecule is CC(O)CC(C)NCC1CCC(C(C)(C)C)CC1. The van der Waals surface area contributed by atoms with Gasteiger partial charge < -0.3 is 10.4 Å². The fraction of sp³-hybridized carbons (Fsp3) is 1.00. The Balaban J connectivity index is 2.20. The molecule has 0 bridgehead atoms. The monoisotopic (exact) mass is 255 g/mol. The van der Waals surface area contributed by atoms with Crippen molar-refractivity contribution in [1.82, 2.24) is 5.32 Å². The van der Waals surface area contributed by atoms with E-state index in [-0.39, 0.29) is 6.10 Å². The summed E-state index contributed by atoms with van der Waals surface area (Å²) in [6, 6.07) is 0.435. The van der Waals surface area contributed by atoms with Crippen LogP contribution in [0.15, 0.2) is 0 Å². The standard InChI is InChI=1S/C16H33NO/c1-12(10-13(2)18)17-11-14-6-8-15(9-7-14)16(3,4)5/h12-15,17-18H,6-11H2,1-5H3. The molecule has 2 atom stereocenters. The number of rotatable bonds is 5. The van der Waals surface area contributed by atoms with Crippen molar-refractivity contribution in [2.24, 2.45) is 17.3 Å². The summed E-state index contributed by atoms with van der Waals surface area (Å²) in [5.41, 5.74) is 0.484. The average Bonchev–Trinajstić information content (AvgIpc) is 2.25. The maximum Gasteiger partial charge on any atom is 0.0526 e. The minimum atomic E-state index is -0.191. The van der Waals surface area contributed by atoms with Crippen LogP contribution in [0.25, 0.3) is 0 Å². The lowest BCUT2D eigenvalue weighted by molar-refractivity contribution is 0.142. The molecule has 0 aromatic heterocycles. The highest BCUT2D eigenvalue weighted by atomic mass is 16.3. The molecule has 2 unspecified atom stereocenters. The Labute approximate surface area is 114 Å². The highest BCUT2D eigenvalue weighted by Gasteiger charge is 2.29. The summed E-state index contributed by atoms with van der Waals surface area (Å²) in [5, 5.41) is 12.9. The first kappa shape index (κ1) is 16.0. The summed E-state index contributed by atoms with van der Waals surface area (Å²) in [7, 11) is 0. The third-order valence-electron chi connectivity index (χ3n) is 4.52. The van der Waals surface area contributed by atoms with Crippen LogP contribution in [0.2, 0.25) is 0 Å². The zero-order chi connectivity index (χ0) is 13.8. The normalized spacial score (nSPS) is 29.0. The molecule has 1 saturated carbocycles. The van der Waals surface area contributed by atoms with Crippen LogP contribution < -0.4 is 5.32 Å². The van der Waals surface area contributed by atoms with Gasteiger partial charge in [-0.1, -0.05) is 20.8 Å². The van der Waals surface area contributed by atoms with Crippen molar-refractivity contribution in [1.29, 1.82) is 0 Å².